The molecule has 9 rings (SSSR count). The molecule has 0 atom stereocenters. The molecule has 0 aliphatic rings. The van der Waals surface area contributed by atoms with Gasteiger partial charge >= 0.3 is 0 Å². The molecule has 9 aromatic rings. The molecule has 0 unspecified atom stereocenters. The van der Waals surface area contributed by atoms with Gasteiger partial charge in [0.15, 0.2) is 5.58 Å². The van der Waals surface area contributed by atoms with Gasteiger partial charge in [-0.3, -0.25) is 0 Å². The zero-order valence-electron chi connectivity index (χ0n) is 21.9. The normalized spacial score (nSPS) is 11.9. The van der Waals surface area contributed by atoms with Crippen molar-refractivity contribution in [2.75, 3.05) is 0 Å². The maximum Gasteiger partial charge on any atom is 0.227 e. The Hall–Kier alpha value is -5.19. The van der Waals surface area contributed by atoms with Crippen molar-refractivity contribution in [1.82, 2.24) is 9.55 Å². The molecular formula is C37H22N2OS. The lowest BCUT2D eigenvalue weighted by molar-refractivity contribution is 0.623. The third-order valence-corrected chi connectivity index (χ3v) is 9.20. The second kappa shape index (κ2) is 8.65. The van der Waals surface area contributed by atoms with E-state index < -0.39 is 0 Å². The molecule has 0 aliphatic carbocycles. The molecule has 0 saturated carbocycles. The van der Waals surface area contributed by atoms with Crippen LogP contribution in [0, 0.1) is 0 Å². The average Bonchev–Trinajstić information content (AvgIpc) is 3.73. The van der Waals surface area contributed by atoms with E-state index in [2.05, 4.69) is 138 Å². The molecule has 0 N–H and O–H groups in total. The van der Waals surface area contributed by atoms with Gasteiger partial charge in [-0.05, 0) is 65.7 Å². The first-order valence-corrected chi connectivity index (χ1v) is 14.5. The Morgan fingerprint density at radius 3 is 1.80 bits per heavy atom. The molecule has 3 aromatic heterocycles. The van der Waals surface area contributed by atoms with Crippen LogP contribution in [-0.2, 0) is 0 Å². The number of benzene rings is 6. The Labute approximate surface area is 239 Å². The summed E-state index contributed by atoms with van der Waals surface area (Å²) in [5.41, 5.74) is 8.64. The van der Waals surface area contributed by atoms with Crippen LogP contribution in [0.1, 0.15) is 0 Å². The van der Waals surface area contributed by atoms with Crippen LogP contribution in [0.25, 0.3) is 81.3 Å². The van der Waals surface area contributed by atoms with Gasteiger partial charge in [-0.1, -0.05) is 78.9 Å². The Balaban J connectivity index is 1.08. The van der Waals surface area contributed by atoms with Crippen LogP contribution >= 0.6 is 11.3 Å². The van der Waals surface area contributed by atoms with Crippen LogP contribution in [-0.4, -0.2) is 9.55 Å². The molecule has 192 valence electrons. The SMILES string of the molecule is c1ccc2c(c1)sc1ccc3nc(-c4ccc(-c5ccc(-n6c7ccccc7c7ccccc76)cc5)cc4)oc3c12. The highest BCUT2D eigenvalue weighted by molar-refractivity contribution is 7.26. The van der Waals surface area contributed by atoms with E-state index in [0.29, 0.717) is 5.89 Å². The van der Waals surface area contributed by atoms with E-state index in [-0.39, 0.29) is 0 Å². The van der Waals surface area contributed by atoms with E-state index in [0.717, 1.165) is 33.3 Å². The minimum absolute atomic E-state index is 0.649. The van der Waals surface area contributed by atoms with Crippen LogP contribution < -0.4 is 0 Å². The number of oxazole rings is 1. The monoisotopic (exact) mass is 542 g/mol. The molecule has 0 spiro atoms. The lowest BCUT2D eigenvalue weighted by Gasteiger charge is -2.09. The predicted octanol–water partition coefficient (Wildman–Crippen LogP) is 10.6. The van der Waals surface area contributed by atoms with Crippen LogP contribution in [0.4, 0.5) is 0 Å². The van der Waals surface area contributed by atoms with Gasteiger partial charge in [0.05, 0.1) is 11.0 Å². The van der Waals surface area contributed by atoms with Gasteiger partial charge in [-0.25, -0.2) is 4.98 Å². The smallest absolute Gasteiger partial charge is 0.227 e. The van der Waals surface area contributed by atoms with Gasteiger partial charge in [-0.15, -0.1) is 11.3 Å². The van der Waals surface area contributed by atoms with Crippen molar-refractivity contribution in [1.29, 1.82) is 0 Å². The number of aromatic nitrogens is 2. The molecule has 0 radical (unpaired) electrons. The van der Waals surface area contributed by atoms with E-state index in [1.807, 2.05) is 0 Å². The Morgan fingerprint density at radius 2 is 1.10 bits per heavy atom. The lowest BCUT2D eigenvalue weighted by Crippen LogP contribution is -1.93. The Morgan fingerprint density at radius 1 is 0.512 bits per heavy atom. The van der Waals surface area contributed by atoms with Gasteiger partial charge in [-0.2, -0.15) is 0 Å². The van der Waals surface area contributed by atoms with Crippen molar-refractivity contribution in [3.63, 3.8) is 0 Å². The number of hydrogen-bond acceptors (Lipinski definition) is 3. The standard InChI is InChI=1S/C37H22N2OS/c1-4-10-31-27(7-1)28-8-2-5-11-32(28)39(31)26-19-17-24(18-20-26)23-13-15-25(16-14-23)37-38-30-21-22-34-35(36(30)40-37)29-9-3-6-12-33(29)41-34/h1-22H. The van der Waals surface area contributed by atoms with Crippen LogP contribution in [0.2, 0.25) is 0 Å². The average molecular weight is 543 g/mol. The van der Waals surface area contributed by atoms with Crippen LogP contribution in [0.3, 0.4) is 0 Å². The highest BCUT2D eigenvalue weighted by Gasteiger charge is 2.16. The second-order valence-electron chi connectivity index (χ2n) is 10.4. The molecular weight excluding hydrogens is 520 g/mol. The highest BCUT2D eigenvalue weighted by Crippen LogP contribution is 2.40. The van der Waals surface area contributed by atoms with E-state index in [1.165, 1.54) is 42.2 Å². The van der Waals surface area contributed by atoms with E-state index in [4.69, 9.17) is 9.40 Å². The number of para-hydroxylation sites is 2. The van der Waals surface area contributed by atoms with Gasteiger partial charge in [0.25, 0.3) is 0 Å². The summed E-state index contributed by atoms with van der Waals surface area (Å²) in [5.74, 6) is 0.649. The maximum absolute atomic E-state index is 6.40. The van der Waals surface area contributed by atoms with Crippen molar-refractivity contribution in [2.24, 2.45) is 0 Å². The molecule has 3 heterocycles. The zero-order chi connectivity index (χ0) is 26.9. The number of nitrogens with zero attached hydrogens (tertiary/aromatic N) is 2. The van der Waals surface area contributed by atoms with Crippen LogP contribution in [0.15, 0.2) is 138 Å². The van der Waals surface area contributed by atoms with Gasteiger partial charge < -0.3 is 8.98 Å². The summed E-state index contributed by atoms with van der Waals surface area (Å²) in [5, 5.41) is 4.92. The summed E-state index contributed by atoms with van der Waals surface area (Å²) in [6.07, 6.45) is 0. The third-order valence-electron chi connectivity index (χ3n) is 8.07. The fourth-order valence-corrected chi connectivity index (χ4v) is 7.23. The van der Waals surface area contributed by atoms with Gasteiger partial charge in [0.1, 0.15) is 5.52 Å². The topological polar surface area (TPSA) is 31.0 Å². The Bertz CT molecular complexity index is 2350. The highest BCUT2D eigenvalue weighted by atomic mass is 32.1. The maximum atomic E-state index is 6.40. The fourth-order valence-electron chi connectivity index (χ4n) is 6.13. The molecule has 4 heteroatoms. The zero-order valence-corrected chi connectivity index (χ0v) is 22.7. The molecule has 0 aliphatic heterocycles. The molecule has 0 fully saturated rings. The summed E-state index contributed by atoms with van der Waals surface area (Å²) in [6.45, 7) is 0. The lowest BCUT2D eigenvalue weighted by atomic mass is 10.0. The summed E-state index contributed by atoms with van der Waals surface area (Å²) in [4.78, 5) is 4.85. The van der Waals surface area contributed by atoms with Crippen molar-refractivity contribution >= 4 is 64.4 Å². The van der Waals surface area contributed by atoms with Crippen LogP contribution in [0.5, 0.6) is 0 Å². The summed E-state index contributed by atoms with van der Waals surface area (Å²) < 4.78 is 11.2. The molecule has 0 bridgehead atoms. The summed E-state index contributed by atoms with van der Waals surface area (Å²) in [6, 6.07) is 47.2. The van der Waals surface area contributed by atoms with Crippen molar-refractivity contribution in [3.05, 3.63) is 133 Å². The Kier molecular flexibility index (Phi) is 4.77. The summed E-state index contributed by atoms with van der Waals surface area (Å²) in [7, 11) is 0. The number of thiophene rings is 1. The molecule has 41 heavy (non-hydrogen) atoms. The van der Waals surface area contributed by atoms with E-state index >= 15 is 0 Å². The quantitative estimate of drug-likeness (QED) is 0.222. The number of rotatable bonds is 3. The number of hydrogen-bond donors (Lipinski definition) is 0. The van der Waals surface area contributed by atoms with Crippen molar-refractivity contribution in [2.45, 2.75) is 0 Å². The number of fused-ring (bicyclic) bond motifs is 8. The molecule has 0 amide bonds. The predicted molar refractivity (Wildman–Crippen MR) is 172 cm³/mol. The van der Waals surface area contributed by atoms with Gasteiger partial charge in [0, 0.05) is 42.2 Å². The second-order valence-corrected chi connectivity index (χ2v) is 11.5. The van der Waals surface area contributed by atoms with E-state index in [1.54, 1.807) is 11.3 Å². The van der Waals surface area contributed by atoms with Gasteiger partial charge in [0.2, 0.25) is 5.89 Å². The molecule has 3 nitrogen and oxygen atoms in total. The third kappa shape index (κ3) is 3.41. The first-order valence-electron chi connectivity index (χ1n) is 13.7. The first-order chi connectivity index (χ1) is 20.3. The van der Waals surface area contributed by atoms with E-state index in [9.17, 15) is 0 Å². The molecule has 6 aromatic carbocycles. The first kappa shape index (κ1) is 22.6. The van der Waals surface area contributed by atoms with Crippen molar-refractivity contribution < 1.29 is 4.42 Å². The minimum atomic E-state index is 0.649. The van der Waals surface area contributed by atoms with Crippen molar-refractivity contribution in [3.8, 4) is 28.3 Å². The largest absolute Gasteiger partial charge is 0.435 e. The molecule has 0 saturated heterocycles. The fraction of sp³-hybridized carbons (Fsp3) is 0. The summed E-state index contributed by atoms with van der Waals surface area (Å²) >= 11 is 1.79. The minimum Gasteiger partial charge on any atom is -0.435 e.